The van der Waals surface area contributed by atoms with Crippen LogP contribution in [-0.2, 0) is 16.1 Å². The van der Waals surface area contributed by atoms with Crippen LogP contribution in [0.15, 0.2) is 18.2 Å². The lowest BCUT2D eigenvalue weighted by molar-refractivity contribution is -0.140. The Hall–Kier alpha value is -1.86. The molecule has 1 amide bonds. The Morgan fingerprint density at radius 3 is 2.81 bits per heavy atom. The highest BCUT2D eigenvalue weighted by molar-refractivity contribution is 6.61. The minimum absolute atomic E-state index is 0.171. The molecule has 1 aromatic carbocycles. The van der Waals surface area contributed by atoms with Crippen LogP contribution < -0.4 is 10.8 Å². The molecule has 0 spiro atoms. The lowest BCUT2D eigenvalue weighted by Crippen LogP contribution is -2.45. The van der Waals surface area contributed by atoms with E-state index in [1.807, 2.05) is 6.92 Å². The second-order valence-corrected chi connectivity index (χ2v) is 5.25. The van der Waals surface area contributed by atoms with E-state index in [0.29, 0.717) is 24.1 Å². The fourth-order valence-corrected chi connectivity index (χ4v) is 2.26. The van der Waals surface area contributed by atoms with Gasteiger partial charge in [0.15, 0.2) is 0 Å². The van der Waals surface area contributed by atoms with Crippen LogP contribution in [0.3, 0.4) is 0 Å². The van der Waals surface area contributed by atoms with Gasteiger partial charge >= 0.3 is 13.1 Å². The highest BCUT2D eigenvalue weighted by Crippen LogP contribution is 2.13. The summed E-state index contributed by atoms with van der Waals surface area (Å²) in [6, 6.07) is 3.92. The van der Waals surface area contributed by atoms with Crippen LogP contribution in [-0.4, -0.2) is 35.2 Å². The topological polar surface area (TPSA) is 95.9 Å². The lowest BCUT2D eigenvalue weighted by atomic mass is 9.78. The number of benzene rings is 1. The van der Waals surface area contributed by atoms with Crippen molar-refractivity contribution in [3.63, 3.8) is 0 Å². The predicted octanol–water partition coefficient (Wildman–Crippen LogP) is 0.133. The molecule has 0 saturated heterocycles. The molecular formula is C14H18BNO5. The van der Waals surface area contributed by atoms with Crippen molar-refractivity contribution >= 4 is 24.5 Å². The summed E-state index contributed by atoms with van der Waals surface area (Å²) in [5.41, 5.74) is 1.70. The van der Waals surface area contributed by atoms with Crippen LogP contribution in [0, 0.1) is 5.92 Å². The molecule has 0 aliphatic carbocycles. The lowest BCUT2D eigenvalue weighted by Gasteiger charge is -2.20. The summed E-state index contributed by atoms with van der Waals surface area (Å²) >= 11 is 0. The molecule has 0 aromatic heterocycles. The Balaban J connectivity index is 2.17. The number of hydrogen-bond donors (Lipinski definition) is 3. The maximum Gasteiger partial charge on any atom is 0.491 e. The molecule has 2 rings (SSSR count). The Morgan fingerprint density at radius 1 is 1.48 bits per heavy atom. The average Bonchev–Trinajstić information content (AvgIpc) is 2.84. The molecule has 0 radical (unpaired) electrons. The summed E-state index contributed by atoms with van der Waals surface area (Å²) in [6.07, 6.45) is 0.647. The van der Waals surface area contributed by atoms with Crippen molar-refractivity contribution in [3.8, 4) is 0 Å². The summed E-state index contributed by atoms with van der Waals surface area (Å²) < 4.78 is 5.06. The van der Waals surface area contributed by atoms with Gasteiger partial charge in [0.1, 0.15) is 6.04 Å². The van der Waals surface area contributed by atoms with Gasteiger partial charge in [0.2, 0.25) is 0 Å². The van der Waals surface area contributed by atoms with Crippen molar-refractivity contribution < 1.29 is 24.4 Å². The van der Waals surface area contributed by atoms with Crippen molar-refractivity contribution in [2.45, 2.75) is 32.9 Å². The van der Waals surface area contributed by atoms with E-state index in [2.05, 4.69) is 5.32 Å². The third-order valence-electron chi connectivity index (χ3n) is 3.84. The third-order valence-corrected chi connectivity index (χ3v) is 3.84. The van der Waals surface area contributed by atoms with Crippen LogP contribution in [0.2, 0.25) is 0 Å². The summed E-state index contributed by atoms with van der Waals surface area (Å²) in [6.45, 7) is 3.96. The smallest absolute Gasteiger partial charge is 0.480 e. The first-order valence-electron chi connectivity index (χ1n) is 6.90. The maximum absolute atomic E-state index is 12.2. The standard InChI is InChI=1S/C14H18BNO5/c1-3-8(2)12(14(18)19)16-13(17)9-4-5-10-7-21-15(20)11(10)6-9/h4-6,8,12,20H,3,7H2,1-2H3,(H,16,17)(H,18,19). The molecule has 21 heavy (non-hydrogen) atoms. The van der Waals surface area contributed by atoms with E-state index in [9.17, 15) is 19.7 Å². The number of rotatable bonds is 5. The van der Waals surface area contributed by atoms with Gasteiger partial charge < -0.3 is 20.1 Å². The summed E-state index contributed by atoms with van der Waals surface area (Å²) in [5, 5.41) is 21.4. The molecule has 0 bridgehead atoms. The average molecular weight is 291 g/mol. The first kappa shape index (κ1) is 15.5. The number of carbonyl (C=O) groups excluding carboxylic acids is 1. The molecule has 1 heterocycles. The molecule has 1 aliphatic rings. The Morgan fingerprint density at radius 2 is 2.19 bits per heavy atom. The second-order valence-electron chi connectivity index (χ2n) is 5.25. The Kier molecular flexibility index (Phi) is 4.64. The number of carboxylic acid groups (broad SMARTS) is 1. The fourth-order valence-electron chi connectivity index (χ4n) is 2.26. The number of fused-ring (bicyclic) bond motifs is 1. The number of amides is 1. The van der Waals surface area contributed by atoms with Gasteiger partial charge in [0.25, 0.3) is 5.91 Å². The number of aliphatic carboxylic acids is 1. The molecule has 1 aliphatic heterocycles. The summed E-state index contributed by atoms with van der Waals surface area (Å²) in [7, 11) is -1.03. The van der Waals surface area contributed by atoms with Gasteiger partial charge in [-0.05, 0) is 29.1 Å². The summed E-state index contributed by atoms with van der Waals surface area (Å²) in [5.74, 6) is -1.69. The largest absolute Gasteiger partial charge is 0.491 e. The zero-order valence-electron chi connectivity index (χ0n) is 12.0. The van der Waals surface area contributed by atoms with Crippen LogP contribution in [0.5, 0.6) is 0 Å². The van der Waals surface area contributed by atoms with E-state index < -0.39 is 25.0 Å². The first-order chi connectivity index (χ1) is 9.93. The van der Waals surface area contributed by atoms with Gasteiger partial charge in [-0.3, -0.25) is 4.79 Å². The minimum Gasteiger partial charge on any atom is -0.480 e. The first-order valence-corrected chi connectivity index (χ1v) is 6.90. The quantitative estimate of drug-likeness (QED) is 0.670. The highest BCUT2D eigenvalue weighted by Gasteiger charge is 2.29. The zero-order chi connectivity index (χ0) is 15.6. The molecule has 6 nitrogen and oxygen atoms in total. The van der Waals surface area contributed by atoms with E-state index >= 15 is 0 Å². The van der Waals surface area contributed by atoms with Crippen molar-refractivity contribution in [1.29, 1.82) is 0 Å². The normalized spacial score (nSPS) is 16.2. The molecule has 0 saturated carbocycles. The van der Waals surface area contributed by atoms with Gasteiger partial charge in [-0.1, -0.05) is 26.3 Å². The van der Waals surface area contributed by atoms with Crippen LogP contribution >= 0.6 is 0 Å². The van der Waals surface area contributed by atoms with E-state index in [-0.39, 0.29) is 5.92 Å². The number of nitrogens with one attached hydrogen (secondary N) is 1. The van der Waals surface area contributed by atoms with Crippen LogP contribution in [0.25, 0.3) is 0 Å². The van der Waals surface area contributed by atoms with E-state index in [0.717, 1.165) is 5.56 Å². The Labute approximate surface area is 123 Å². The summed E-state index contributed by atoms with van der Waals surface area (Å²) in [4.78, 5) is 23.4. The molecule has 7 heteroatoms. The molecule has 112 valence electrons. The number of carbonyl (C=O) groups is 2. The second kappa shape index (κ2) is 6.28. The van der Waals surface area contributed by atoms with Crippen LogP contribution in [0.1, 0.15) is 36.2 Å². The predicted molar refractivity (Wildman–Crippen MR) is 77.2 cm³/mol. The molecule has 1 aromatic rings. The molecule has 0 fully saturated rings. The number of carboxylic acids is 1. The Bertz CT molecular complexity index is 562. The van der Waals surface area contributed by atoms with Gasteiger partial charge in [0.05, 0.1) is 6.61 Å². The van der Waals surface area contributed by atoms with Gasteiger partial charge in [-0.2, -0.15) is 0 Å². The van der Waals surface area contributed by atoms with Crippen molar-refractivity contribution in [1.82, 2.24) is 5.32 Å². The minimum atomic E-state index is -1.05. The third kappa shape index (κ3) is 3.25. The van der Waals surface area contributed by atoms with Gasteiger partial charge in [-0.15, -0.1) is 0 Å². The van der Waals surface area contributed by atoms with E-state index in [4.69, 9.17) is 4.65 Å². The van der Waals surface area contributed by atoms with Crippen LogP contribution in [0.4, 0.5) is 0 Å². The van der Waals surface area contributed by atoms with Crippen molar-refractivity contribution in [3.05, 3.63) is 29.3 Å². The molecule has 3 N–H and O–H groups in total. The van der Waals surface area contributed by atoms with Gasteiger partial charge in [-0.25, -0.2) is 4.79 Å². The zero-order valence-corrected chi connectivity index (χ0v) is 12.0. The van der Waals surface area contributed by atoms with Gasteiger partial charge in [0, 0.05) is 5.56 Å². The maximum atomic E-state index is 12.2. The highest BCUT2D eigenvalue weighted by atomic mass is 16.5. The molecule has 2 unspecified atom stereocenters. The number of hydrogen-bond acceptors (Lipinski definition) is 4. The van der Waals surface area contributed by atoms with Crippen molar-refractivity contribution in [2.75, 3.05) is 0 Å². The monoisotopic (exact) mass is 291 g/mol. The van der Waals surface area contributed by atoms with E-state index in [1.54, 1.807) is 19.1 Å². The fraction of sp³-hybridized carbons (Fsp3) is 0.429. The van der Waals surface area contributed by atoms with E-state index in [1.165, 1.54) is 6.07 Å². The van der Waals surface area contributed by atoms with Crippen molar-refractivity contribution in [2.24, 2.45) is 5.92 Å². The molecule has 2 atom stereocenters. The molecular weight excluding hydrogens is 273 g/mol. The SMILES string of the molecule is CCC(C)C(NC(=O)c1ccc2c(c1)B(O)OC2)C(=O)O.